The minimum atomic E-state index is -1.04. The van der Waals surface area contributed by atoms with E-state index in [-0.39, 0.29) is 5.91 Å². The first-order valence-corrected chi connectivity index (χ1v) is 11.5. The van der Waals surface area contributed by atoms with E-state index in [1.165, 1.54) is 0 Å². The van der Waals surface area contributed by atoms with Gasteiger partial charge in [-0.3, -0.25) is 4.79 Å². The molecule has 0 unspecified atom stereocenters. The monoisotopic (exact) mass is 436 g/mol. The van der Waals surface area contributed by atoms with E-state index in [1.54, 1.807) is 16.7 Å². The first-order chi connectivity index (χ1) is 14.1. The first-order valence-electron chi connectivity index (χ1n) is 10.2. The number of hydrogen-bond acceptors (Lipinski definition) is 5. The largest absolute Gasteiger partial charge is 0.480 e. The fourth-order valence-corrected chi connectivity index (χ4v) is 4.06. The smallest absolute Gasteiger partial charge is 0.410 e. The molecule has 30 heavy (non-hydrogen) atoms. The van der Waals surface area contributed by atoms with Crippen LogP contribution >= 0.6 is 11.8 Å². The number of carboxylic acids is 1. The molecule has 0 aromatic heterocycles. The van der Waals surface area contributed by atoms with Crippen molar-refractivity contribution in [1.29, 1.82) is 0 Å². The molecule has 8 heteroatoms. The Morgan fingerprint density at radius 2 is 1.80 bits per heavy atom. The van der Waals surface area contributed by atoms with Crippen LogP contribution in [0.25, 0.3) is 0 Å². The van der Waals surface area contributed by atoms with Crippen LogP contribution in [0, 0.1) is 0 Å². The number of nitrogens with one attached hydrogen (secondary N) is 1. The van der Waals surface area contributed by atoms with E-state index < -0.39 is 29.1 Å². The lowest BCUT2D eigenvalue weighted by atomic mass is 9.72. The Morgan fingerprint density at radius 1 is 1.20 bits per heavy atom. The highest BCUT2D eigenvalue weighted by Gasteiger charge is 2.45. The summed E-state index contributed by atoms with van der Waals surface area (Å²) in [5.41, 5.74) is -0.637. The van der Waals surface area contributed by atoms with Crippen molar-refractivity contribution in [2.45, 2.75) is 57.1 Å². The first kappa shape index (κ1) is 24.1. The molecule has 1 aromatic carbocycles. The van der Waals surface area contributed by atoms with E-state index in [4.69, 9.17) is 4.74 Å². The van der Waals surface area contributed by atoms with Crippen LogP contribution in [-0.4, -0.2) is 64.7 Å². The minimum absolute atomic E-state index is 0.300. The van der Waals surface area contributed by atoms with Crippen molar-refractivity contribution in [1.82, 2.24) is 10.2 Å². The summed E-state index contributed by atoms with van der Waals surface area (Å²) in [5.74, 6) is -0.694. The van der Waals surface area contributed by atoms with Crippen LogP contribution in [0.4, 0.5) is 4.79 Å². The fraction of sp³-hybridized carbons (Fsp3) is 0.591. The van der Waals surface area contributed by atoms with Gasteiger partial charge in [-0.05, 0) is 57.6 Å². The van der Waals surface area contributed by atoms with Crippen molar-refractivity contribution in [2.24, 2.45) is 0 Å². The molecule has 0 radical (unpaired) electrons. The summed E-state index contributed by atoms with van der Waals surface area (Å²) in [5, 5.41) is 12.3. The van der Waals surface area contributed by atoms with Crippen LogP contribution in [0.1, 0.15) is 45.6 Å². The molecule has 166 valence electrons. The second-order valence-corrected chi connectivity index (χ2v) is 9.55. The van der Waals surface area contributed by atoms with Crippen LogP contribution in [0.2, 0.25) is 0 Å². The van der Waals surface area contributed by atoms with Crippen molar-refractivity contribution in [3.63, 3.8) is 0 Å². The molecule has 1 heterocycles. The van der Waals surface area contributed by atoms with Crippen LogP contribution in [0.3, 0.4) is 0 Å². The summed E-state index contributed by atoms with van der Waals surface area (Å²) in [6.45, 7) is 6.17. The van der Waals surface area contributed by atoms with Gasteiger partial charge < -0.3 is 20.1 Å². The second-order valence-electron chi connectivity index (χ2n) is 8.56. The van der Waals surface area contributed by atoms with Gasteiger partial charge in [0.15, 0.2) is 0 Å². The lowest BCUT2D eigenvalue weighted by Crippen LogP contribution is -2.56. The van der Waals surface area contributed by atoms with Crippen LogP contribution in [0.5, 0.6) is 0 Å². The molecule has 1 aromatic rings. The molecule has 1 aliphatic heterocycles. The zero-order chi connectivity index (χ0) is 22.4. The number of aliphatic carboxylic acids is 1. The molecule has 0 bridgehead atoms. The molecule has 1 fully saturated rings. The lowest BCUT2D eigenvalue weighted by molar-refractivity contribution is -0.143. The summed E-state index contributed by atoms with van der Waals surface area (Å²) in [6.07, 6.45) is 2.66. The predicted molar refractivity (Wildman–Crippen MR) is 118 cm³/mol. The summed E-state index contributed by atoms with van der Waals surface area (Å²) < 4.78 is 5.46. The number of benzene rings is 1. The average molecular weight is 437 g/mol. The van der Waals surface area contributed by atoms with Gasteiger partial charge in [-0.2, -0.15) is 11.8 Å². The average Bonchev–Trinajstić information content (AvgIpc) is 2.70. The van der Waals surface area contributed by atoms with Crippen molar-refractivity contribution >= 4 is 29.7 Å². The topological polar surface area (TPSA) is 95.9 Å². The third kappa shape index (κ3) is 6.14. The van der Waals surface area contributed by atoms with Crippen molar-refractivity contribution in [3.8, 4) is 0 Å². The zero-order valence-corrected chi connectivity index (χ0v) is 19.0. The number of carbonyl (C=O) groups is 3. The highest BCUT2D eigenvalue weighted by Crippen LogP contribution is 2.36. The van der Waals surface area contributed by atoms with Gasteiger partial charge in [0.2, 0.25) is 5.91 Å². The molecule has 1 saturated heterocycles. The van der Waals surface area contributed by atoms with E-state index in [0.717, 1.165) is 5.56 Å². The van der Waals surface area contributed by atoms with E-state index >= 15 is 0 Å². The van der Waals surface area contributed by atoms with Gasteiger partial charge in [0.05, 0.1) is 5.41 Å². The molecule has 1 atom stereocenters. The number of ether oxygens (including phenoxy) is 1. The van der Waals surface area contributed by atoms with Crippen molar-refractivity contribution in [2.75, 3.05) is 25.1 Å². The Bertz CT molecular complexity index is 740. The molecule has 0 aliphatic carbocycles. The summed E-state index contributed by atoms with van der Waals surface area (Å²) >= 11 is 1.54. The highest BCUT2D eigenvalue weighted by molar-refractivity contribution is 7.98. The Morgan fingerprint density at radius 3 is 2.30 bits per heavy atom. The molecular formula is C22H32N2O5S. The van der Waals surface area contributed by atoms with Crippen LogP contribution < -0.4 is 5.32 Å². The quantitative estimate of drug-likeness (QED) is 0.681. The maximum Gasteiger partial charge on any atom is 0.410 e. The third-order valence-corrected chi connectivity index (χ3v) is 5.89. The Labute approximate surface area is 182 Å². The number of carbonyl (C=O) groups excluding carboxylic acids is 2. The number of nitrogens with zero attached hydrogens (tertiary/aromatic N) is 1. The molecule has 7 nitrogen and oxygen atoms in total. The van der Waals surface area contributed by atoms with Gasteiger partial charge in [0.25, 0.3) is 0 Å². The van der Waals surface area contributed by atoms with E-state index in [9.17, 15) is 19.5 Å². The fourth-order valence-electron chi connectivity index (χ4n) is 3.59. The second kappa shape index (κ2) is 10.2. The van der Waals surface area contributed by atoms with E-state index in [1.807, 2.05) is 57.4 Å². The van der Waals surface area contributed by atoms with Gasteiger partial charge in [0.1, 0.15) is 11.6 Å². The normalized spacial score (nSPS) is 17.1. The molecule has 2 N–H and O–H groups in total. The van der Waals surface area contributed by atoms with Crippen molar-refractivity contribution in [3.05, 3.63) is 35.9 Å². The zero-order valence-electron chi connectivity index (χ0n) is 18.1. The highest BCUT2D eigenvalue weighted by atomic mass is 32.2. The van der Waals surface area contributed by atoms with Crippen LogP contribution in [-0.2, 0) is 19.7 Å². The summed E-state index contributed by atoms with van der Waals surface area (Å²) in [7, 11) is 0. The Balaban J connectivity index is 2.22. The molecule has 1 aliphatic rings. The van der Waals surface area contributed by atoms with E-state index in [2.05, 4.69) is 5.32 Å². The number of rotatable bonds is 7. The van der Waals surface area contributed by atoms with Gasteiger partial charge >= 0.3 is 12.1 Å². The standard InChI is InChI=1S/C22H32N2O5S/c1-21(2,3)29-20(28)24-13-11-22(12-14-24,16-8-6-5-7-9-16)19(27)23-17(18(25)26)10-15-30-4/h5-9,17H,10-15H2,1-4H3,(H,23,27)(H,25,26)/t17-/m0/s1. The number of piperidine rings is 1. The number of likely N-dealkylation sites (tertiary alicyclic amines) is 1. The SMILES string of the molecule is CSCC[C@H](NC(=O)C1(c2ccccc2)CCN(C(=O)OC(C)(C)C)CC1)C(=O)O. The molecular weight excluding hydrogens is 404 g/mol. The molecule has 2 rings (SSSR count). The molecule has 0 spiro atoms. The van der Waals surface area contributed by atoms with Gasteiger partial charge in [-0.1, -0.05) is 30.3 Å². The van der Waals surface area contributed by atoms with E-state index in [0.29, 0.717) is 38.1 Å². The Hall–Kier alpha value is -2.22. The van der Waals surface area contributed by atoms with Gasteiger partial charge in [-0.15, -0.1) is 0 Å². The summed E-state index contributed by atoms with van der Waals surface area (Å²) in [4.78, 5) is 39.1. The van der Waals surface area contributed by atoms with Gasteiger partial charge in [-0.25, -0.2) is 9.59 Å². The molecule has 2 amide bonds. The molecule has 0 saturated carbocycles. The van der Waals surface area contributed by atoms with Gasteiger partial charge in [0, 0.05) is 13.1 Å². The number of hydrogen-bond donors (Lipinski definition) is 2. The lowest BCUT2D eigenvalue weighted by Gasteiger charge is -2.41. The maximum absolute atomic E-state index is 13.4. The van der Waals surface area contributed by atoms with Crippen LogP contribution in [0.15, 0.2) is 30.3 Å². The predicted octanol–water partition coefficient (Wildman–Crippen LogP) is 3.28. The minimum Gasteiger partial charge on any atom is -0.480 e. The van der Waals surface area contributed by atoms with Crippen molar-refractivity contribution < 1.29 is 24.2 Å². The number of amides is 2. The maximum atomic E-state index is 13.4. The number of thioether (sulfide) groups is 1. The Kier molecular flexibility index (Phi) is 8.18. The summed E-state index contributed by atoms with van der Waals surface area (Å²) in [6, 6.07) is 8.46. The number of carboxylic acid groups (broad SMARTS) is 1. The third-order valence-electron chi connectivity index (χ3n) is 5.24.